The fourth-order valence-corrected chi connectivity index (χ4v) is 5.35. The van der Waals surface area contributed by atoms with Gasteiger partial charge in [0.05, 0.1) is 5.41 Å². The maximum atomic E-state index is 12.1. The van der Waals surface area contributed by atoms with Crippen LogP contribution >= 0.6 is 10.9 Å². The summed E-state index contributed by atoms with van der Waals surface area (Å²) in [6.45, 7) is 4.19. The lowest BCUT2D eigenvalue weighted by molar-refractivity contribution is -0.166. The van der Waals surface area contributed by atoms with E-state index in [0.29, 0.717) is 12.2 Å². The summed E-state index contributed by atoms with van der Waals surface area (Å²) in [6.07, 6.45) is 0.574. The minimum atomic E-state index is -0.811. The first-order chi connectivity index (χ1) is 16.8. The minimum absolute atomic E-state index is 0.349. The maximum Gasteiger partial charge on any atom is 0.349 e. The highest BCUT2D eigenvalue weighted by Crippen LogP contribution is 2.51. The van der Waals surface area contributed by atoms with Crippen LogP contribution in [0.2, 0.25) is 0 Å². The standard InChI is InChI=1S/C28H30O6S/c1-4-28(2,3)27(31)33-19-25(29)32-20-26(30)34-21-15-17-24(18-16-21)35(22-11-7-5-8-12-22)23-13-9-6-10-14-23/h5-18,35H,4,19-20H2,1-3H3. The highest BCUT2D eigenvalue weighted by atomic mass is 32.2. The first-order valence-corrected chi connectivity index (χ1v) is 12.7. The molecule has 0 aliphatic carbocycles. The zero-order valence-electron chi connectivity index (χ0n) is 20.1. The van der Waals surface area contributed by atoms with E-state index in [-0.39, 0.29) is 0 Å². The van der Waals surface area contributed by atoms with Gasteiger partial charge in [-0.05, 0) is 83.5 Å². The van der Waals surface area contributed by atoms with Gasteiger partial charge < -0.3 is 14.2 Å². The normalized spacial score (nSPS) is 11.3. The molecule has 0 N–H and O–H groups in total. The van der Waals surface area contributed by atoms with Crippen LogP contribution in [-0.4, -0.2) is 31.1 Å². The van der Waals surface area contributed by atoms with E-state index in [1.807, 2.05) is 55.5 Å². The Balaban J connectivity index is 1.57. The predicted molar refractivity (Wildman–Crippen MR) is 135 cm³/mol. The number of thiol groups is 1. The highest BCUT2D eigenvalue weighted by molar-refractivity contribution is 8.17. The number of esters is 3. The maximum absolute atomic E-state index is 12.1. The zero-order valence-corrected chi connectivity index (χ0v) is 21.0. The second-order valence-electron chi connectivity index (χ2n) is 8.45. The number of hydrogen-bond acceptors (Lipinski definition) is 6. The molecule has 0 atom stereocenters. The van der Waals surface area contributed by atoms with Crippen molar-refractivity contribution in [3.05, 3.63) is 84.9 Å². The lowest BCUT2D eigenvalue weighted by Gasteiger charge is -2.23. The SMILES string of the molecule is CCC(C)(C)C(=O)OCC(=O)OCC(=O)Oc1ccc([SH](c2ccccc2)c2ccccc2)cc1. The average Bonchev–Trinajstić information content (AvgIpc) is 2.88. The van der Waals surface area contributed by atoms with Crippen LogP contribution in [-0.2, 0) is 23.9 Å². The lowest BCUT2D eigenvalue weighted by atomic mass is 9.91. The number of ether oxygens (including phenoxy) is 3. The molecule has 0 bridgehead atoms. The first kappa shape index (κ1) is 26.0. The molecular formula is C28H30O6S. The Kier molecular flexibility index (Phi) is 9.09. The molecule has 0 unspecified atom stereocenters. The first-order valence-electron chi connectivity index (χ1n) is 11.3. The van der Waals surface area contributed by atoms with Gasteiger partial charge in [-0.3, -0.25) is 4.79 Å². The summed E-state index contributed by atoms with van der Waals surface area (Å²) in [5, 5.41) is 0. The Morgan fingerprint density at radius 3 is 1.69 bits per heavy atom. The molecule has 0 saturated heterocycles. The Morgan fingerprint density at radius 1 is 0.686 bits per heavy atom. The quantitative estimate of drug-likeness (QED) is 0.225. The molecule has 6 nitrogen and oxygen atoms in total. The smallest absolute Gasteiger partial charge is 0.349 e. The summed E-state index contributed by atoms with van der Waals surface area (Å²) in [5.41, 5.74) is -0.688. The number of carbonyl (C=O) groups is 3. The van der Waals surface area contributed by atoms with Crippen LogP contribution in [0.25, 0.3) is 0 Å². The second-order valence-corrected chi connectivity index (χ2v) is 10.7. The summed E-state index contributed by atoms with van der Waals surface area (Å²) in [7, 11) is -0.765. The van der Waals surface area contributed by atoms with E-state index in [1.165, 1.54) is 9.79 Å². The van der Waals surface area contributed by atoms with Crippen LogP contribution in [0.3, 0.4) is 0 Å². The molecule has 3 aromatic carbocycles. The molecular weight excluding hydrogens is 464 g/mol. The van der Waals surface area contributed by atoms with Gasteiger partial charge in [-0.1, -0.05) is 43.3 Å². The van der Waals surface area contributed by atoms with E-state index < -0.39 is 47.4 Å². The van der Waals surface area contributed by atoms with E-state index in [2.05, 4.69) is 24.3 Å². The lowest BCUT2D eigenvalue weighted by Crippen LogP contribution is -2.29. The van der Waals surface area contributed by atoms with Crippen molar-refractivity contribution in [3.63, 3.8) is 0 Å². The summed E-state index contributed by atoms with van der Waals surface area (Å²) >= 11 is 0. The molecule has 184 valence electrons. The van der Waals surface area contributed by atoms with Crippen LogP contribution in [0.4, 0.5) is 0 Å². The summed E-state index contributed by atoms with van der Waals surface area (Å²) in [4.78, 5) is 39.4. The molecule has 0 spiro atoms. The van der Waals surface area contributed by atoms with Crippen molar-refractivity contribution in [3.8, 4) is 5.75 Å². The molecule has 0 radical (unpaired) electrons. The van der Waals surface area contributed by atoms with E-state index in [0.717, 1.165) is 4.90 Å². The molecule has 0 saturated carbocycles. The third kappa shape index (κ3) is 7.45. The number of carbonyl (C=O) groups excluding carboxylic acids is 3. The monoisotopic (exact) mass is 494 g/mol. The molecule has 3 rings (SSSR count). The zero-order chi connectivity index (χ0) is 25.3. The third-order valence-corrected chi connectivity index (χ3v) is 7.91. The fraction of sp³-hybridized carbons (Fsp3) is 0.250. The molecule has 0 amide bonds. The molecule has 0 aliphatic heterocycles. The summed E-state index contributed by atoms with van der Waals surface area (Å²) in [5.74, 6) is -1.68. The van der Waals surface area contributed by atoms with Gasteiger partial charge in [0.15, 0.2) is 13.2 Å². The van der Waals surface area contributed by atoms with Crippen molar-refractivity contribution in [2.45, 2.75) is 41.9 Å². The Bertz CT molecular complexity index is 1090. The highest BCUT2D eigenvalue weighted by Gasteiger charge is 2.28. The van der Waals surface area contributed by atoms with E-state index in [4.69, 9.17) is 14.2 Å². The topological polar surface area (TPSA) is 78.9 Å². The Labute approximate surface area is 208 Å². The van der Waals surface area contributed by atoms with Gasteiger partial charge in [-0.2, -0.15) is 10.9 Å². The van der Waals surface area contributed by atoms with E-state index in [1.54, 1.807) is 26.0 Å². The van der Waals surface area contributed by atoms with Crippen molar-refractivity contribution in [2.24, 2.45) is 5.41 Å². The molecule has 0 fully saturated rings. The van der Waals surface area contributed by atoms with Gasteiger partial charge >= 0.3 is 17.9 Å². The number of hydrogen-bond donors (Lipinski definition) is 1. The molecule has 0 heterocycles. The van der Waals surface area contributed by atoms with E-state index >= 15 is 0 Å². The van der Waals surface area contributed by atoms with Crippen molar-refractivity contribution >= 4 is 28.8 Å². The molecule has 35 heavy (non-hydrogen) atoms. The van der Waals surface area contributed by atoms with Crippen molar-refractivity contribution in [1.82, 2.24) is 0 Å². The molecule has 0 aliphatic rings. The largest absolute Gasteiger partial charge is 0.453 e. The second kappa shape index (κ2) is 12.2. The third-order valence-electron chi connectivity index (χ3n) is 5.46. The Hall–Kier alpha value is -3.58. The average molecular weight is 495 g/mol. The van der Waals surface area contributed by atoms with Gasteiger partial charge in [-0.15, -0.1) is 0 Å². The van der Waals surface area contributed by atoms with E-state index in [9.17, 15) is 14.4 Å². The molecule has 3 aromatic rings. The van der Waals surface area contributed by atoms with Crippen LogP contribution in [0.15, 0.2) is 99.6 Å². The van der Waals surface area contributed by atoms with Gasteiger partial charge in [-0.25, -0.2) is 9.59 Å². The van der Waals surface area contributed by atoms with Gasteiger partial charge in [0.25, 0.3) is 0 Å². The summed E-state index contributed by atoms with van der Waals surface area (Å²) in [6, 6.07) is 27.9. The van der Waals surface area contributed by atoms with Crippen LogP contribution < -0.4 is 4.74 Å². The predicted octanol–water partition coefficient (Wildman–Crippen LogP) is 5.59. The summed E-state index contributed by atoms with van der Waals surface area (Å²) < 4.78 is 15.1. The Morgan fingerprint density at radius 2 is 1.17 bits per heavy atom. The van der Waals surface area contributed by atoms with Crippen molar-refractivity contribution < 1.29 is 28.6 Å². The van der Waals surface area contributed by atoms with Crippen LogP contribution in [0.5, 0.6) is 5.75 Å². The van der Waals surface area contributed by atoms with Gasteiger partial charge in [0, 0.05) is 0 Å². The molecule has 0 aromatic heterocycles. The van der Waals surface area contributed by atoms with Gasteiger partial charge in [0.2, 0.25) is 0 Å². The fourth-order valence-electron chi connectivity index (χ4n) is 3.07. The van der Waals surface area contributed by atoms with Crippen LogP contribution in [0, 0.1) is 5.41 Å². The number of rotatable bonds is 10. The van der Waals surface area contributed by atoms with Gasteiger partial charge in [0.1, 0.15) is 5.75 Å². The minimum Gasteiger partial charge on any atom is -0.453 e. The van der Waals surface area contributed by atoms with Crippen LogP contribution in [0.1, 0.15) is 27.2 Å². The van der Waals surface area contributed by atoms with Crippen molar-refractivity contribution in [1.29, 1.82) is 0 Å². The number of benzene rings is 3. The van der Waals surface area contributed by atoms with Crippen molar-refractivity contribution in [2.75, 3.05) is 13.2 Å². The molecule has 7 heteroatoms.